The van der Waals surface area contributed by atoms with E-state index >= 15 is 0 Å². The van der Waals surface area contributed by atoms with Gasteiger partial charge in [0.25, 0.3) is 16.8 Å². The van der Waals surface area contributed by atoms with Crippen LogP contribution in [0.25, 0.3) is 6.08 Å². The van der Waals surface area contributed by atoms with E-state index < -0.39 is 28.6 Å². The predicted octanol–water partition coefficient (Wildman–Crippen LogP) is 4.93. The second-order valence-corrected chi connectivity index (χ2v) is 9.39. The van der Waals surface area contributed by atoms with Gasteiger partial charge in [0.05, 0.1) is 23.0 Å². The standard InChI is InChI=1S/C23H21BrN2O8S/c1-13(2)34-21(27)11-25-22(28)20(35-23(25)29)9-15-8-18(32-3)19(10-17(15)24)33-12-14-5-4-6-16(7-14)26(30)31/h4-10,13H,11-12H2,1-3H3/b20-9+. The number of methoxy groups -OCH3 is 1. The molecule has 0 saturated carbocycles. The summed E-state index contributed by atoms with van der Waals surface area (Å²) in [6, 6.07) is 9.34. The number of imide groups is 1. The van der Waals surface area contributed by atoms with Gasteiger partial charge in [-0.15, -0.1) is 0 Å². The lowest BCUT2D eigenvalue weighted by Gasteiger charge is -2.14. The molecule has 0 aliphatic carbocycles. The lowest BCUT2D eigenvalue weighted by Crippen LogP contribution is -2.35. The van der Waals surface area contributed by atoms with Crippen LogP contribution in [0.4, 0.5) is 10.5 Å². The summed E-state index contributed by atoms with van der Waals surface area (Å²) in [5.41, 5.74) is 1.10. The van der Waals surface area contributed by atoms with Crippen LogP contribution in [0.1, 0.15) is 25.0 Å². The first-order valence-electron chi connectivity index (χ1n) is 10.3. The Kier molecular flexibility index (Phi) is 8.52. The Hall–Kier alpha value is -3.38. The number of hydrogen-bond donors (Lipinski definition) is 0. The van der Waals surface area contributed by atoms with Gasteiger partial charge in [0, 0.05) is 16.6 Å². The molecule has 0 atom stereocenters. The van der Waals surface area contributed by atoms with Crippen LogP contribution in [-0.2, 0) is 20.9 Å². The molecule has 1 aliphatic heterocycles. The first-order valence-corrected chi connectivity index (χ1v) is 11.9. The van der Waals surface area contributed by atoms with Gasteiger partial charge in [0.15, 0.2) is 11.5 Å². The van der Waals surface area contributed by atoms with Crippen molar-refractivity contribution >= 4 is 56.6 Å². The Morgan fingerprint density at radius 1 is 1.23 bits per heavy atom. The number of nitrogens with zero attached hydrogens (tertiary/aromatic N) is 2. The van der Waals surface area contributed by atoms with E-state index in [9.17, 15) is 24.5 Å². The van der Waals surface area contributed by atoms with Gasteiger partial charge < -0.3 is 14.2 Å². The summed E-state index contributed by atoms with van der Waals surface area (Å²) in [6.45, 7) is 2.95. The van der Waals surface area contributed by atoms with E-state index in [1.165, 1.54) is 25.3 Å². The normalized spacial score (nSPS) is 14.5. The fourth-order valence-electron chi connectivity index (χ4n) is 3.06. The fourth-order valence-corrected chi connectivity index (χ4v) is 4.33. The number of amides is 2. The van der Waals surface area contributed by atoms with Crippen molar-refractivity contribution in [2.24, 2.45) is 0 Å². The zero-order valence-electron chi connectivity index (χ0n) is 19.0. The van der Waals surface area contributed by atoms with Crippen molar-refractivity contribution in [3.8, 4) is 11.5 Å². The minimum Gasteiger partial charge on any atom is -0.493 e. The highest BCUT2D eigenvalue weighted by Gasteiger charge is 2.37. The quantitative estimate of drug-likeness (QED) is 0.180. The van der Waals surface area contributed by atoms with E-state index in [-0.39, 0.29) is 23.3 Å². The van der Waals surface area contributed by atoms with Crippen molar-refractivity contribution in [3.63, 3.8) is 0 Å². The minimum absolute atomic E-state index is 0.0407. The van der Waals surface area contributed by atoms with Gasteiger partial charge in [-0.05, 0) is 54.9 Å². The maximum atomic E-state index is 12.7. The van der Waals surface area contributed by atoms with Crippen LogP contribution in [-0.4, -0.2) is 46.7 Å². The molecule has 0 radical (unpaired) electrons. The van der Waals surface area contributed by atoms with Crippen LogP contribution in [0.2, 0.25) is 0 Å². The molecular formula is C23H21BrN2O8S. The Balaban J connectivity index is 1.78. The third-order valence-electron chi connectivity index (χ3n) is 4.61. The third-order valence-corrected chi connectivity index (χ3v) is 6.21. The lowest BCUT2D eigenvalue weighted by atomic mass is 10.1. The first-order chi connectivity index (χ1) is 16.6. The smallest absolute Gasteiger partial charge is 0.326 e. The summed E-state index contributed by atoms with van der Waals surface area (Å²) in [4.78, 5) is 48.3. The van der Waals surface area contributed by atoms with E-state index in [1.54, 1.807) is 38.1 Å². The van der Waals surface area contributed by atoms with Crippen LogP contribution in [0, 0.1) is 10.1 Å². The number of esters is 1. The van der Waals surface area contributed by atoms with Gasteiger partial charge in [-0.1, -0.05) is 28.1 Å². The largest absolute Gasteiger partial charge is 0.493 e. The minimum atomic E-state index is -0.670. The SMILES string of the molecule is COc1cc(/C=C2/SC(=O)N(CC(=O)OC(C)C)C2=O)c(Br)cc1OCc1cccc([N+](=O)[O-])c1. The number of nitro benzene ring substituents is 1. The maximum Gasteiger partial charge on any atom is 0.326 e. The number of halogens is 1. The Morgan fingerprint density at radius 3 is 2.63 bits per heavy atom. The van der Waals surface area contributed by atoms with Crippen LogP contribution in [0.3, 0.4) is 0 Å². The van der Waals surface area contributed by atoms with Crippen molar-refractivity contribution in [2.75, 3.05) is 13.7 Å². The highest BCUT2D eigenvalue weighted by atomic mass is 79.9. The van der Waals surface area contributed by atoms with Gasteiger partial charge in [-0.25, -0.2) is 0 Å². The molecule has 35 heavy (non-hydrogen) atoms. The molecule has 12 heteroatoms. The van der Waals surface area contributed by atoms with Crippen molar-refractivity contribution in [1.82, 2.24) is 4.90 Å². The van der Waals surface area contributed by atoms with Crippen molar-refractivity contribution in [1.29, 1.82) is 0 Å². The molecule has 0 N–H and O–H groups in total. The molecule has 1 aliphatic rings. The lowest BCUT2D eigenvalue weighted by molar-refractivity contribution is -0.384. The van der Waals surface area contributed by atoms with E-state index in [0.29, 0.717) is 27.1 Å². The summed E-state index contributed by atoms with van der Waals surface area (Å²) >= 11 is 4.15. The number of ether oxygens (including phenoxy) is 3. The van der Waals surface area contributed by atoms with E-state index in [2.05, 4.69) is 15.9 Å². The third kappa shape index (κ3) is 6.61. The molecule has 0 bridgehead atoms. The van der Waals surface area contributed by atoms with Crippen LogP contribution in [0.5, 0.6) is 11.5 Å². The topological polar surface area (TPSA) is 125 Å². The van der Waals surface area contributed by atoms with E-state index in [1.807, 2.05) is 0 Å². The second kappa shape index (κ2) is 11.4. The summed E-state index contributed by atoms with van der Waals surface area (Å²) in [5.74, 6) is -0.550. The zero-order valence-corrected chi connectivity index (χ0v) is 21.4. The van der Waals surface area contributed by atoms with Gasteiger partial charge in [0.2, 0.25) is 0 Å². The Bertz CT molecular complexity index is 1210. The molecule has 2 aromatic rings. The summed E-state index contributed by atoms with van der Waals surface area (Å²) in [7, 11) is 1.45. The number of hydrogen-bond acceptors (Lipinski definition) is 9. The van der Waals surface area contributed by atoms with Crippen LogP contribution >= 0.6 is 27.7 Å². The van der Waals surface area contributed by atoms with Gasteiger partial charge in [0.1, 0.15) is 13.2 Å². The summed E-state index contributed by atoms with van der Waals surface area (Å²) in [5, 5.41) is 10.4. The molecule has 1 heterocycles. The van der Waals surface area contributed by atoms with E-state index in [0.717, 1.165) is 16.7 Å². The van der Waals surface area contributed by atoms with Gasteiger partial charge in [-0.2, -0.15) is 0 Å². The van der Waals surface area contributed by atoms with Crippen LogP contribution < -0.4 is 9.47 Å². The highest BCUT2D eigenvalue weighted by Crippen LogP contribution is 2.38. The number of benzene rings is 2. The Morgan fingerprint density at radius 2 is 1.97 bits per heavy atom. The average Bonchev–Trinajstić information content (AvgIpc) is 3.06. The molecule has 0 aromatic heterocycles. The molecule has 1 fully saturated rings. The molecule has 184 valence electrons. The number of carbonyl (C=O) groups is 3. The first kappa shape index (κ1) is 26.2. The van der Waals surface area contributed by atoms with Crippen molar-refractivity contribution in [3.05, 3.63) is 67.0 Å². The molecule has 10 nitrogen and oxygen atoms in total. The summed E-state index contributed by atoms with van der Waals surface area (Å²) < 4.78 is 16.8. The number of rotatable bonds is 9. The summed E-state index contributed by atoms with van der Waals surface area (Å²) in [6.07, 6.45) is 1.15. The molecule has 0 unspecified atom stereocenters. The maximum absolute atomic E-state index is 12.7. The zero-order chi connectivity index (χ0) is 25.7. The monoisotopic (exact) mass is 564 g/mol. The van der Waals surface area contributed by atoms with E-state index in [4.69, 9.17) is 14.2 Å². The number of non-ortho nitro benzene ring substituents is 1. The van der Waals surface area contributed by atoms with Crippen LogP contribution in [0.15, 0.2) is 45.8 Å². The number of thioether (sulfide) groups is 1. The second-order valence-electron chi connectivity index (χ2n) is 7.55. The number of nitro groups is 1. The highest BCUT2D eigenvalue weighted by molar-refractivity contribution is 9.10. The van der Waals surface area contributed by atoms with Crippen molar-refractivity contribution < 1.29 is 33.5 Å². The average molecular weight is 565 g/mol. The fraction of sp³-hybridized carbons (Fsp3) is 0.261. The van der Waals surface area contributed by atoms with Gasteiger partial charge >= 0.3 is 5.97 Å². The Labute approximate surface area is 213 Å². The molecular weight excluding hydrogens is 544 g/mol. The van der Waals surface area contributed by atoms with Crippen molar-refractivity contribution in [2.45, 2.75) is 26.6 Å². The predicted molar refractivity (Wildman–Crippen MR) is 132 cm³/mol. The molecule has 2 aromatic carbocycles. The van der Waals surface area contributed by atoms with Gasteiger partial charge in [-0.3, -0.25) is 29.4 Å². The number of carbonyl (C=O) groups excluding carboxylic acids is 3. The molecule has 2 amide bonds. The molecule has 3 rings (SSSR count). The molecule has 0 spiro atoms. The molecule has 1 saturated heterocycles.